The first-order chi connectivity index (χ1) is 25.5. The number of fused-ring (bicyclic) bond motifs is 2. The average Bonchev–Trinajstić information content (AvgIpc) is 3.62. The molecule has 4 aromatic rings. The fraction of sp³-hybridized carbons (Fsp3) is 0.440. The second-order valence-electron chi connectivity index (χ2n) is 18.3. The van der Waals surface area contributed by atoms with Gasteiger partial charge in [-0.3, -0.25) is 0 Å². The Labute approximate surface area is 337 Å². The normalized spacial score (nSPS) is 17.5. The molecular weight excluding hydrogens is 791 g/mol. The Hall–Kier alpha value is -1.96. The van der Waals surface area contributed by atoms with Crippen LogP contribution in [0.5, 0.6) is 0 Å². The van der Waals surface area contributed by atoms with Crippen molar-refractivity contribution in [2.75, 3.05) is 0 Å². The van der Waals surface area contributed by atoms with Gasteiger partial charge in [-0.2, -0.15) is 0 Å². The molecule has 0 fully saturated rings. The molecule has 0 heterocycles. The fourth-order valence-corrected chi connectivity index (χ4v) is 41.8. The van der Waals surface area contributed by atoms with E-state index in [-0.39, 0.29) is 7.25 Å². The van der Waals surface area contributed by atoms with E-state index in [9.17, 15) is 0 Å². The summed E-state index contributed by atoms with van der Waals surface area (Å²) in [6, 6.07) is 24.0. The van der Waals surface area contributed by atoms with Crippen LogP contribution in [0.4, 0.5) is 0 Å². The first-order valence-electron chi connectivity index (χ1n) is 20.9. The maximum absolute atomic E-state index is 9.01. The monoisotopic (exact) mass is 853 g/mol. The van der Waals surface area contributed by atoms with Crippen molar-refractivity contribution in [2.24, 2.45) is 11.8 Å². The molecule has 287 valence electrons. The van der Waals surface area contributed by atoms with Crippen LogP contribution in [0.1, 0.15) is 130 Å². The zero-order chi connectivity index (χ0) is 39.3. The number of aryl methyl sites for hydroxylation is 6. The molecule has 0 nitrogen and oxygen atoms in total. The van der Waals surface area contributed by atoms with Gasteiger partial charge in [-0.15, -0.1) is 0 Å². The van der Waals surface area contributed by atoms with Gasteiger partial charge in [-0.05, 0) is 0 Å². The molecule has 2 aliphatic carbocycles. The molecule has 0 N–H and O–H groups in total. The van der Waals surface area contributed by atoms with Crippen molar-refractivity contribution >= 4 is 35.1 Å². The quantitative estimate of drug-likeness (QED) is 0.118. The van der Waals surface area contributed by atoms with E-state index in [1.165, 1.54) is 89.0 Å². The number of hydrogen-bond donors (Lipinski definition) is 0. The molecule has 0 bridgehead atoms. The van der Waals surface area contributed by atoms with Crippen LogP contribution in [0.3, 0.4) is 0 Å². The number of benzene rings is 4. The standard InChI is InChI=1S/2C24H29.C2H7Si.2ClH.Zr/c2*1-6-7-20-8-9-21-14-19(10-16(2)3)15-23(21)24(20)22-12-17(4)11-18(5)13-22;1-3-2;;;/h2*8-9,11-16H,6-7,10H2,1-5H3;3H,1-2H3;2*1H;/q;;;;;+2/p-2. The third-order valence-corrected chi connectivity index (χ3v) is 64.2. The van der Waals surface area contributed by atoms with Gasteiger partial charge in [0.1, 0.15) is 0 Å². The van der Waals surface area contributed by atoms with E-state index in [0.29, 0.717) is 11.8 Å². The summed E-state index contributed by atoms with van der Waals surface area (Å²) in [5, 5.41) is 0. The van der Waals surface area contributed by atoms with Crippen LogP contribution >= 0.6 is 17.0 Å². The van der Waals surface area contributed by atoms with Crippen molar-refractivity contribution in [1.82, 2.24) is 0 Å². The molecule has 2 atom stereocenters. The van der Waals surface area contributed by atoms with Crippen molar-refractivity contribution in [3.63, 3.8) is 0 Å². The SMILES string of the molecule is CCCc1ccc2c(c1-c1cc(C)cc(C)c1)C=C(CC(C)C)[CH]2[Zr]([Cl])([Cl])([CH]1C(CC(C)C)=Cc2c1ccc(CCC)c2-c1cc(C)cc(C)c1)[SiH](C)C. The molecule has 0 saturated heterocycles. The molecule has 0 saturated carbocycles. The summed E-state index contributed by atoms with van der Waals surface area (Å²) in [5.74, 6) is -0.704. The van der Waals surface area contributed by atoms with Crippen LogP contribution < -0.4 is 0 Å². The van der Waals surface area contributed by atoms with Gasteiger partial charge in [0.15, 0.2) is 0 Å². The van der Waals surface area contributed by atoms with Crippen LogP contribution in [-0.2, 0) is 28.4 Å². The topological polar surface area (TPSA) is 0 Å². The summed E-state index contributed by atoms with van der Waals surface area (Å²) in [6.07, 6.45) is 11.6. The van der Waals surface area contributed by atoms with E-state index >= 15 is 0 Å². The van der Waals surface area contributed by atoms with Crippen LogP contribution in [0.15, 0.2) is 71.8 Å². The summed E-state index contributed by atoms with van der Waals surface area (Å²) in [7, 11) is 18.0. The fourth-order valence-electron chi connectivity index (χ4n) is 10.4. The van der Waals surface area contributed by atoms with E-state index < -0.39 is 21.5 Å². The number of halogens is 2. The van der Waals surface area contributed by atoms with Crippen molar-refractivity contribution in [1.29, 1.82) is 0 Å². The van der Waals surface area contributed by atoms with E-state index in [0.717, 1.165) is 38.5 Å². The van der Waals surface area contributed by atoms with Crippen LogP contribution in [0.2, 0.25) is 13.1 Å². The molecule has 6 rings (SSSR count). The van der Waals surface area contributed by atoms with E-state index in [4.69, 9.17) is 17.0 Å². The molecule has 0 aromatic heterocycles. The molecule has 0 amide bonds. The number of hydrogen-bond acceptors (Lipinski definition) is 0. The van der Waals surface area contributed by atoms with E-state index in [1.807, 2.05) is 0 Å². The number of rotatable bonds is 13. The van der Waals surface area contributed by atoms with Gasteiger partial charge >= 0.3 is 340 Å². The first-order valence-corrected chi connectivity index (χ1v) is 37.3. The Bertz CT molecular complexity index is 1950. The Morgan fingerprint density at radius 1 is 0.574 bits per heavy atom. The average molecular weight is 856 g/mol. The second kappa shape index (κ2) is 16.1. The van der Waals surface area contributed by atoms with Crippen LogP contribution in [0.25, 0.3) is 34.4 Å². The van der Waals surface area contributed by atoms with Crippen molar-refractivity contribution in [3.05, 3.63) is 127 Å². The van der Waals surface area contributed by atoms with Gasteiger partial charge in [0.05, 0.1) is 0 Å². The molecule has 4 heteroatoms. The van der Waals surface area contributed by atoms with E-state index in [1.54, 1.807) is 0 Å². The van der Waals surface area contributed by atoms with Crippen molar-refractivity contribution in [3.8, 4) is 22.3 Å². The van der Waals surface area contributed by atoms with Gasteiger partial charge < -0.3 is 0 Å². The zero-order valence-corrected chi connectivity index (χ0v) is 40.4. The summed E-state index contributed by atoms with van der Waals surface area (Å²) in [5.41, 5.74) is 22.2. The molecule has 0 aliphatic heterocycles. The van der Waals surface area contributed by atoms with Crippen molar-refractivity contribution < 1.29 is 15.6 Å². The van der Waals surface area contributed by atoms with Crippen molar-refractivity contribution in [2.45, 2.75) is 128 Å². The molecule has 4 aromatic carbocycles. The van der Waals surface area contributed by atoms with Gasteiger partial charge in [0.25, 0.3) is 0 Å². The predicted octanol–water partition coefficient (Wildman–Crippen LogP) is 15.8. The predicted molar refractivity (Wildman–Crippen MR) is 242 cm³/mol. The van der Waals surface area contributed by atoms with Gasteiger partial charge in [-0.1, -0.05) is 0 Å². The number of allylic oxidation sites excluding steroid dienone is 2. The summed E-state index contributed by atoms with van der Waals surface area (Å²) >= 11 is -5.00. The molecule has 0 spiro atoms. The summed E-state index contributed by atoms with van der Waals surface area (Å²) in [4.78, 5) is 0. The maximum atomic E-state index is 9.01. The van der Waals surface area contributed by atoms with Gasteiger partial charge in [0, 0.05) is 0 Å². The van der Waals surface area contributed by atoms with Gasteiger partial charge in [-0.25, -0.2) is 0 Å². The Morgan fingerprint density at radius 2 is 0.926 bits per heavy atom. The minimum absolute atomic E-state index is 0.0886. The van der Waals surface area contributed by atoms with Crippen LogP contribution in [-0.4, -0.2) is 5.92 Å². The molecule has 0 radical (unpaired) electrons. The minimum atomic E-state index is -5.00. The Balaban J connectivity index is 1.68. The van der Waals surface area contributed by atoms with Crippen LogP contribution in [0, 0.1) is 39.5 Å². The Morgan fingerprint density at radius 3 is 1.22 bits per heavy atom. The van der Waals surface area contributed by atoms with E-state index in [2.05, 4.69) is 155 Å². The molecule has 54 heavy (non-hydrogen) atoms. The Kier molecular flexibility index (Phi) is 12.4. The molecule has 2 aliphatic rings. The van der Waals surface area contributed by atoms with Gasteiger partial charge in [0.2, 0.25) is 0 Å². The first kappa shape index (κ1) is 41.7. The summed E-state index contributed by atoms with van der Waals surface area (Å²) in [6.45, 7) is 28.0. The third kappa shape index (κ3) is 7.58. The molecule has 2 unspecified atom stereocenters. The second-order valence-corrected chi connectivity index (χ2v) is 60.8. The summed E-state index contributed by atoms with van der Waals surface area (Å²) < 4.78 is 0.177. The molecular formula is C50H65Cl2SiZr. The zero-order valence-electron chi connectivity index (χ0n) is 35.3. The third-order valence-electron chi connectivity index (χ3n) is 12.3.